The number of nitrogens with one attached hydrogen (secondary N) is 1. The zero-order chi connectivity index (χ0) is 14.7. The van der Waals surface area contributed by atoms with Crippen LogP contribution in [0.1, 0.15) is 37.6 Å². The molecule has 0 radical (unpaired) electrons. The molecule has 110 valence electrons. The molecule has 0 spiro atoms. The van der Waals surface area contributed by atoms with E-state index in [1.165, 1.54) is 6.42 Å². The van der Waals surface area contributed by atoms with Gasteiger partial charge in [-0.3, -0.25) is 4.79 Å². The minimum absolute atomic E-state index is 0.202. The van der Waals surface area contributed by atoms with Gasteiger partial charge in [0, 0.05) is 37.0 Å². The number of aromatic nitrogens is 2. The van der Waals surface area contributed by atoms with Gasteiger partial charge in [0.1, 0.15) is 5.82 Å². The largest absolute Gasteiger partial charge is 0.352 e. The molecule has 1 saturated carbocycles. The van der Waals surface area contributed by atoms with Gasteiger partial charge in [0.25, 0.3) is 0 Å². The fourth-order valence-electron chi connectivity index (χ4n) is 2.61. The van der Waals surface area contributed by atoms with Crippen LogP contribution in [0, 0.1) is 5.92 Å². The SMILES string of the molecule is CCc1nccn1-c1ccc(CNC(=O)C2CCC2)cc1. The second-order valence-electron chi connectivity index (χ2n) is 5.58. The smallest absolute Gasteiger partial charge is 0.223 e. The maximum atomic E-state index is 11.8. The molecule has 1 aromatic heterocycles. The fourth-order valence-corrected chi connectivity index (χ4v) is 2.61. The summed E-state index contributed by atoms with van der Waals surface area (Å²) in [5.41, 5.74) is 2.24. The lowest BCUT2D eigenvalue weighted by Crippen LogP contribution is -2.33. The predicted octanol–water partition coefficient (Wildman–Crippen LogP) is 2.85. The molecule has 1 N–H and O–H groups in total. The molecule has 1 amide bonds. The number of amides is 1. The van der Waals surface area contributed by atoms with E-state index in [2.05, 4.69) is 46.1 Å². The zero-order valence-electron chi connectivity index (χ0n) is 12.4. The fraction of sp³-hybridized carbons (Fsp3) is 0.412. The highest BCUT2D eigenvalue weighted by molar-refractivity contribution is 5.79. The molecule has 4 nitrogen and oxygen atoms in total. The van der Waals surface area contributed by atoms with Crippen molar-refractivity contribution in [1.82, 2.24) is 14.9 Å². The minimum atomic E-state index is 0.202. The van der Waals surface area contributed by atoms with E-state index >= 15 is 0 Å². The maximum absolute atomic E-state index is 11.8. The first-order valence-electron chi connectivity index (χ1n) is 7.67. The number of carbonyl (C=O) groups is 1. The Kier molecular flexibility index (Phi) is 4.04. The molecule has 0 unspecified atom stereocenters. The molecule has 0 atom stereocenters. The van der Waals surface area contributed by atoms with Gasteiger partial charge in [-0.05, 0) is 30.5 Å². The molecule has 21 heavy (non-hydrogen) atoms. The van der Waals surface area contributed by atoms with Gasteiger partial charge in [-0.25, -0.2) is 4.98 Å². The van der Waals surface area contributed by atoms with Crippen LogP contribution in [0.4, 0.5) is 0 Å². The van der Waals surface area contributed by atoms with Crippen molar-refractivity contribution in [2.45, 2.75) is 39.2 Å². The first-order chi connectivity index (χ1) is 10.3. The lowest BCUT2D eigenvalue weighted by molar-refractivity contribution is -0.127. The first-order valence-corrected chi connectivity index (χ1v) is 7.67. The van der Waals surface area contributed by atoms with Gasteiger partial charge in [-0.1, -0.05) is 25.5 Å². The van der Waals surface area contributed by atoms with Crippen molar-refractivity contribution in [3.63, 3.8) is 0 Å². The van der Waals surface area contributed by atoms with Crippen molar-refractivity contribution >= 4 is 5.91 Å². The van der Waals surface area contributed by atoms with Crippen molar-refractivity contribution in [1.29, 1.82) is 0 Å². The third-order valence-electron chi connectivity index (χ3n) is 4.19. The zero-order valence-corrected chi connectivity index (χ0v) is 12.4. The average Bonchev–Trinajstić information content (AvgIpc) is 2.92. The van der Waals surface area contributed by atoms with Crippen molar-refractivity contribution in [2.75, 3.05) is 0 Å². The molecule has 0 aliphatic heterocycles. The Morgan fingerprint density at radius 2 is 2.10 bits per heavy atom. The highest BCUT2D eigenvalue weighted by atomic mass is 16.1. The van der Waals surface area contributed by atoms with Crippen molar-refractivity contribution in [2.24, 2.45) is 5.92 Å². The van der Waals surface area contributed by atoms with E-state index in [1.54, 1.807) is 0 Å². The molecule has 0 bridgehead atoms. The second-order valence-corrected chi connectivity index (χ2v) is 5.58. The molecule has 0 saturated heterocycles. The van der Waals surface area contributed by atoms with E-state index in [4.69, 9.17) is 0 Å². The van der Waals surface area contributed by atoms with Gasteiger partial charge in [-0.2, -0.15) is 0 Å². The number of carbonyl (C=O) groups excluding carboxylic acids is 1. The normalized spacial score (nSPS) is 14.7. The monoisotopic (exact) mass is 283 g/mol. The Morgan fingerprint density at radius 1 is 1.33 bits per heavy atom. The number of rotatable bonds is 5. The Balaban J connectivity index is 1.62. The predicted molar refractivity (Wildman–Crippen MR) is 82.1 cm³/mol. The van der Waals surface area contributed by atoms with E-state index < -0.39 is 0 Å². The molecule has 1 aromatic carbocycles. The van der Waals surface area contributed by atoms with Crippen LogP contribution < -0.4 is 5.32 Å². The summed E-state index contributed by atoms with van der Waals surface area (Å²) in [5, 5.41) is 3.02. The molecule has 1 fully saturated rings. The van der Waals surface area contributed by atoms with Crippen LogP contribution in [-0.4, -0.2) is 15.5 Å². The summed E-state index contributed by atoms with van der Waals surface area (Å²) in [6.07, 6.45) is 8.00. The standard InChI is InChI=1S/C17H21N3O/c1-2-16-18-10-11-20(16)15-8-6-13(7-9-15)12-19-17(21)14-4-3-5-14/h6-11,14H,2-5,12H2,1H3,(H,19,21). The van der Waals surface area contributed by atoms with Crippen LogP contribution in [0.3, 0.4) is 0 Å². The number of benzene rings is 1. The summed E-state index contributed by atoms with van der Waals surface area (Å²) in [6.45, 7) is 2.71. The van der Waals surface area contributed by atoms with Gasteiger partial charge in [-0.15, -0.1) is 0 Å². The Labute approximate surface area is 125 Å². The third-order valence-corrected chi connectivity index (χ3v) is 4.19. The maximum Gasteiger partial charge on any atom is 0.223 e. The summed E-state index contributed by atoms with van der Waals surface area (Å²) in [7, 11) is 0. The van der Waals surface area contributed by atoms with Crippen molar-refractivity contribution in [3.05, 3.63) is 48.0 Å². The third kappa shape index (κ3) is 2.99. The Hall–Kier alpha value is -2.10. The lowest BCUT2D eigenvalue weighted by Gasteiger charge is -2.24. The molecule has 1 aliphatic carbocycles. The van der Waals surface area contributed by atoms with Gasteiger partial charge in [0.05, 0.1) is 0 Å². The number of aryl methyl sites for hydroxylation is 1. The number of hydrogen-bond acceptors (Lipinski definition) is 2. The van der Waals surface area contributed by atoms with E-state index in [-0.39, 0.29) is 11.8 Å². The first kappa shape index (κ1) is 13.9. The summed E-state index contributed by atoms with van der Waals surface area (Å²) in [5.74, 6) is 1.51. The van der Waals surface area contributed by atoms with E-state index in [0.717, 1.165) is 36.3 Å². The van der Waals surface area contributed by atoms with E-state index in [1.807, 2.05) is 12.4 Å². The number of nitrogens with zero attached hydrogens (tertiary/aromatic N) is 2. The van der Waals surface area contributed by atoms with Crippen molar-refractivity contribution < 1.29 is 4.79 Å². The van der Waals surface area contributed by atoms with E-state index in [9.17, 15) is 4.79 Å². The van der Waals surface area contributed by atoms with Crippen molar-refractivity contribution in [3.8, 4) is 5.69 Å². The van der Waals surface area contributed by atoms with Crippen LogP contribution >= 0.6 is 0 Å². The van der Waals surface area contributed by atoms with Gasteiger partial charge in [0.15, 0.2) is 0 Å². The topological polar surface area (TPSA) is 46.9 Å². The van der Waals surface area contributed by atoms with Gasteiger partial charge in [0.2, 0.25) is 5.91 Å². The van der Waals surface area contributed by atoms with Gasteiger partial charge < -0.3 is 9.88 Å². The molecule has 3 rings (SSSR count). The molecular weight excluding hydrogens is 262 g/mol. The van der Waals surface area contributed by atoms with Crippen LogP contribution in [0.5, 0.6) is 0 Å². The molecule has 1 heterocycles. The van der Waals surface area contributed by atoms with Gasteiger partial charge >= 0.3 is 0 Å². The quantitative estimate of drug-likeness (QED) is 0.917. The Bertz CT molecular complexity index is 611. The summed E-state index contributed by atoms with van der Waals surface area (Å²) >= 11 is 0. The highest BCUT2D eigenvalue weighted by Gasteiger charge is 2.24. The summed E-state index contributed by atoms with van der Waals surface area (Å²) in [6, 6.07) is 8.28. The minimum Gasteiger partial charge on any atom is -0.352 e. The molecule has 4 heteroatoms. The van der Waals surface area contributed by atoms with E-state index in [0.29, 0.717) is 6.54 Å². The lowest BCUT2D eigenvalue weighted by atomic mass is 9.85. The number of hydrogen-bond donors (Lipinski definition) is 1. The van der Waals surface area contributed by atoms with Crippen LogP contribution in [0.2, 0.25) is 0 Å². The Morgan fingerprint density at radius 3 is 2.71 bits per heavy atom. The number of imidazole rings is 1. The summed E-state index contributed by atoms with van der Waals surface area (Å²) < 4.78 is 2.09. The molecular formula is C17H21N3O. The molecule has 2 aromatic rings. The summed E-state index contributed by atoms with van der Waals surface area (Å²) in [4.78, 5) is 16.1. The average molecular weight is 283 g/mol. The van der Waals surface area contributed by atoms with Crippen LogP contribution in [-0.2, 0) is 17.8 Å². The molecule has 1 aliphatic rings. The second kappa shape index (κ2) is 6.12. The van der Waals surface area contributed by atoms with Crippen LogP contribution in [0.25, 0.3) is 5.69 Å². The van der Waals surface area contributed by atoms with Crippen LogP contribution in [0.15, 0.2) is 36.7 Å². The highest BCUT2D eigenvalue weighted by Crippen LogP contribution is 2.26.